The summed E-state index contributed by atoms with van der Waals surface area (Å²) in [6.07, 6.45) is 3.97. The predicted molar refractivity (Wildman–Crippen MR) is 88.6 cm³/mol. The molecule has 0 bridgehead atoms. The summed E-state index contributed by atoms with van der Waals surface area (Å²) in [6, 6.07) is 5.90. The number of benzene rings is 1. The van der Waals surface area contributed by atoms with Crippen molar-refractivity contribution in [2.24, 2.45) is 0 Å². The van der Waals surface area contributed by atoms with Crippen LogP contribution in [0, 0.1) is 13.8 Å². The Hall–Kier alpha value is -2.37. The Kier molecular flexibility index (Phi) is 4.32. The van der Waals surface area contributed by atoms with E-state index in [2.05, 4.69) is 10.4 Å². The van der Waals surface area contributed by atoms with Gasteiger partial charge in [-0.25, -0.2) is 9.48 Å². The van der Waals surface area contributed by atoms with Crippen LogP contribution in [0.15, 0.2) is 23.0 Å². The summed E-state index contributed by atoms with van der Waals surface area (Å²) >= 11 is 0. The summed E-state index contributed by atoms with van der Waals surface area (Å²) in [5.74, 6) is 0.570. The second kappa shape index (κ2) is 6.40. The van der Waals surface area contributed by atoms with Gasteiger partial charge in [-0.1, -0.05) is 18.6 Å². The van der Waals surface area contributed by atoms with Crippen molar-refractivity contribution in [3.05, 3.63) is 45.6 Å². The average Bonchev–Trinajstić information content (AvgIpc) is 2.68. The highest BCUT2D eigenvalue weighted by Gasteiger charge is 2.17. The summed E-state index contributed by atoms with van der Waals surface area (Å²) in [4.78, 5) is 24.6. The molecule has 6 heteroatoms. The Bertz CT molecular complexity index is 788. The smallest absolute Gasteiger partial charge is 0.324 e. The van der Waals surface area contributed by atoms with Crippen LogP contribution in [0.1, 0.15) is 36.2 Å². The highest BCUT2D eigenvalue weighted by atomic mass is 16.2. The van der Waals surface area contributed by atoms with Crippen molar-refractivity contribution in [3.8, 4) is 0 Å². The number of aryl methyl sites for hydroxylation is 3. The minimum atomic E-state index is -0.228. The molecule has 0 saturated heterocycles. The van der Waals surface area contributed by atoms with E-state index in [0.29, 0.717) is 6.54 Å². The molecule has 1 aromatic carbocycles. The SMILES string of the molecule is Cc1ccc(C)c(NC(=O)Cn2nc3n(c2=O)CCCCC3)c1. The van der Waals surface area contributed by atoms with E-state index in [1.165, 1.54) is 4.68 Å². The van der Waals surface area contributed by atoms with E-state index in [4.69, 9.17) is 0 Å². The molecule has 122 valence electrons. The molecule has 0 aliphatic carbocycles. The number of aromatic nitrogens is 3. The molecule has 2 heterocycles. The maximum atomic E-state index is 12.4. The highest BCUT2D eigenvalue weighted by molar-refractivity contribution is 5.91. The van der Waals surface area contributed by atoms with E-state index in [1.54, 1.807) is 4.57 Å². The van der Waals surface area contributed by atoms with Crippen molar-refractivity contribution in [3.63, 3.8) is 0 Å². The number of rotatable bonds is 3. The molecule has 6 nitrogen and oxygen atoms in total. The molecular weight excluding hydrogens is 292 g/mol. The van der Waals surface area contributed by atoms with Crippen LogP contribution in [-0.2, 0) is 24.3 Å². The normalized spacial score (nSPS) is 14.2. The molecule has 2 aromatic rings. The fourth-order valence-corrected chi connectivity index (χ4v) is 2.92. The zero-order chi connectivity index (χ0) is 16.4. The zero-order valence-electron chi connectivity index (χ0n) is 13.6. The van der Waals surface area contributed by atoms with Crippen LogP contribution >= 0.6 is 0 Å². The molecule has 0 fully saturated rings. The summed E-state index contributed by atoms with van der Waals surface area (Å²) < 4.78 is 2.99. The maximum Gasteiger partial charge on any atom is 0.346 e. The van der Waals surface area contributed by atoms with E-state index in [1.807, 2.05) is 32.0 Å². The van der Waals surface area contributed by atoms with Gasteiger partial charge in [0, 0.05) is 18.7 Å². The van der Waals surface area contributed by atoms with Gasteiger partial charge >= 0.3 is 5.69 Å². The Morgan fingerprint density at radius 1 is 1.26 bits per heavy atom. The van der Waals surface area contributed by atoms with Gasteiger partial charge in [-0.2, -0.15) is 5.10 Å². The maximum absolute atomic E-state index is 12.4. The summed E-state index contributed by atoms with van der Waals surface area (Å²) in [7, 11) is 0. The zero-order valence-corrected chi connectivity index (χ0v) is 13.6. The topological polar surface area (TPSA) is 68.9 Å². The molecule has 1 amide bonds. The van der Waals surface area contributed by atoms with Crippen LogP contribution in [0.2, 0.25) is 0 Å². The predicted octanol–water partition coefficient (Wildman–Crippen LogP) is 2.03. The van der Waals surface area contributed by atoms with Crippen LogP contribution in [0.3, 0.4) is 0 Å². The Morgan fingerprint density at radius 3 is 2.91 bits per heavy atom. The van der Waals surface area contributed by atoms with Gasteiger partial charge in [0.15, 0.2) is 0 Å². The number of nitrogens with one attached hydrogen (secondary N) is 1. The minimum Gasteiger partial charge on any atom is -0.324 e. The molecule has 0 spiro atoms. The number of hydrogen-bond donors (Lipinski definition) is 1. The molecule has 1 aliphatic rings. The third-order valence-electron chi connectivity index (χ3n) is 4.24. The standard InChI is InChI=1S/C17H22N4O2/c1-12-7-8-13(2)14(10-12)18-16(22)11-21-17(23)20-9-5-3-4-6-15(20)19-21/h7-8,10H,3-6,9,11H2,1-2H3,(H,18,22). The minimum absolute atomic E-state index is 0.0494. The fourth-order valence-electron chi connectivity index (χ4n) is 2.92. The van der Waals surface area contributed by atoms with E-state index in [0.717, 1.165) is 48.3 Å². The van der Waals surface area contributed by atoms with Crippen molar-refractivity contribution in [1.29, 1.82) is 0 Å². The first-order chi connectivity index (χ1) is 11.0. The van der Waals surface area contributed by atoms with Crippen molar-refractivity contribution in [2.75, 3.05) is 5.32 Å². The Morgan fingerprint density at radius 2 is 2.09 bits per heavy atom. The van der Waals surface area contributed by atoms with Crippen LogP contribution in [0.25, 0.3) is 0 Å². The van der Waals surface area contributed by atoms with E-state index >= 15 is 0 Å². The number of amides is 1. The molecule has 1 aromatic heterocycles. The van der Waals surface area contributed by atoms with Gasteiger partial charge in [0.1, 0.15) is 12.4 Å². The molecule has 0 unspecified atom stereocenters. The number of anilines is 1. The second-order valence-corrected chi connectivity index (χ2v) is 6.19. The summed E-state index contributed by atoms with van der Waals surface area (Å²) in [5, 5.41) is 7.21. The van der Waals surface area contributed by atoms with Gasteiger partial charge in [0.25, 0.3) is 0 Å². The van der Waals surface area contributed by atoms with Gasteiger partial charge in [0.05, 0.1) is 0 Å². The van der Waals surface area contributed by atoms with Crippen LogP contribution in [-0.4, -0.2) is 20.3 Å². The number of nitrogens with zero attached hydrogens (tertiary/aromatic N) is 3. The molecule has 1 N–H and O–H groups in total. The third-order valence-corrected chi connectivity index (χ3v) is 4.24. The van der Waals surface area contributed by atoms with Crippen molar-refractivity contribution in [2.45, 2.75) is 52.6 Å². The molecule has 0 atom stereocenters. The van der Waals surface area contributed by atoms with Crippen LogP contribution in [0.5, 0.6) is 0 Å². The van der Waals surface area contributed by atoms with Gasteiger partial charge < -0.3 is 5.32 Å². The number of carbonyl (C=O) groups excluding carboxylic acids is 1. The quantitative estimate of drug-likeness (QED) is 0.942. The van der Waals surface area contributed by atoms with E-state index in [9.17, 15) is 9.59 Å². The van der Waals surface area contributed by atoms with Crippen LogP contribution in [0.4, 0.5) is 5.69 Å². The van der Waals surface area contributed by atoms with Gasteiger partial charge in [-0.05, 0) is 43.9 Å². The average molecular weight is 314 g/mol. The fraction of sp³-hybridized carbons (Fsp3) is 0.471. The Balaban J connectivity index is 1.76. The molecule has 23 heavy (non-hydrogen) atoms. The molecular formula is C17H22N4O2. The summed E-state index contributed by atoms with van der Waals surface area (Å²) in [5.41, 5.74) is 2.68. The second-order valence-electron chi connectivity index (χ2n) is 6.19. The first-order valence-electron chi connectivity index (χ1n) is 8.08. The van der Waals surface area contributed by atoms with E-state index < -0.39 is 0 Å². The van der Waals surface area contributed by atoms with E-state index in [-0.39, 0.29) is 18.1 Å². The largest absolute Gasteiger partial charge is 0.346 e. The lowest BCUT2D eigenvalue weighted by Gasteiger charge is -2.09. The van der Waals surface area contributed by atoms with Gasteiger partial charge in [-0.3, -0.25) is 9.36 Å². The monoisotopic (exact) mass is 314 g/mol. The Labute approximate surface area is 135 Å². The lowest BCUT2D eigenvalue weighted by atomic mass is 10.1. The lowest BCUT2D eigenvalue weighted by molar-refractivity contribution is -0.117. The number of carbonyl (C=O) groups is 1. The summed E-state index contributed by atoms with van der Waals surface area (Å²) in [6.45, 7) is 4.57. The van der Waals surface area contributed by atoms with Crippen molar-refractivity contribution >= 4 is 11.6 Å². The first-order valence-corrected chi connectivity index (χ1v) is 8.08. The molecule has 3 rings (SSSR count). The molecule has 1 aliphatic heterocycles. The number of fused-ring (bicyclic) bond motifs is 1. The van der Waals surface area contributed by atoms with Crippen molar-refractivity contribution in [1.82, 2.24) is 14.3 Å². The van der Waals surface area contributed by atoms with Gasteiger partial charge in [0.2, 0.25) is 5.91 Å². The lowest BCUT2D eigenvalue weighted by Crippen LogP contribution is -2.30. The first kappa shape index (κ1) is 15.5. The number of hydrogen-bond acceptors (Lipinski definition) is 3. The highest BCUT2D eigenvalue weighted by Crippen LogP contribution is 2.16. The van der Waals surface area contributed by atoms with Crippen LogP contribution < -0.4 is 11.0 Å². The molecule has 0 radical (unpaired) electrons. The van der Waals surface area contributed by atoms with Gasteiger partial charge in [-0.15, -0.1) is 0 Å². The third kappa shape index (κ3) is 3.36. The van der Waals surface area contributed by atoms with Crippen molar-refractivity contribution < 1.29 is 4.79 Å². The molecule has 0 saturated carbocycles.